The fourth-order valence-corrected chi connectivity index (χ4v) is 3.27. The van der Waals surface area contributed by atoms with Crippen LogP contribution < -0.4 is 10.2 Å². The van der Waals surface area contributed by atoms with Gasteiger partial charge in [0, 0.05) is 24.7 Å². The van der Waals surface area contributed by atoms with Gasteiger partial charge in [-0.25, -0.2) is 4.98 Å². The van der Waals surface area contributed by atoms with Crippen molar-refractivity contribution < 1.29 is 0 Å². The number of rotatable bonds is 5. The maximum absolute atomic E-state index is 6.28. The molecule has 0 fully saturated rings. The van der Waals surface area contributed by atoms with Crippen molar-refractivity contribution in [2.24, 2.45) is 0 Å². The first kappa shape index (κ1) is 14.6. The first-order chi connectivity index (χ1) is 9.10. The summed E-state index contributed by atoms with van der Waals surface area (Å²) in [6, 6.07) is 5.87. The van der Waals surface area contributed by atoms with Gasteiger partial charge in [-0.2, -0.15) is 0 Å². The van der Waals surface area contributed by atoms with Crippen molar-refractivity contribution in [2.75, 3.05) is 19.0 Å². The van der Waals surface area contributed by atoms with Crippen molar-refractivity contribution in [1.82, 2.24) is 10.3 Å². The average Bonchev–Trinajstić information content (AvgIpc) is 2.75. The second kappa shape index (κ2) is 6.57. The average molecular weight is 316 g/mol. The van der Waals surface area contributed by atoms with Crippen LogP contribution in [0, 0.1) is 0 Å². The first-order valence-corrected chi connectivity index (χ1v) is 7.41. The van der Waals surface area contributed by atoms with Crippen LogP contribution in [0.25, 0.3) is 0 Å². The lowest BCUT2D eigenvalue weighted by atomic mass is 10.2. The molecule has 0 aromatic carbocycles. The summed E-state index contributed by atoms with van der Waals surface area (Å²) in [5.74, 6) is 0.783. The van der Waals surface area contributed by atoms with E-state index in [4.69, 9.17) is 23.2 Å². The van der Waals surface area contributed by atoms with Crippen LogP contribution in [0.5, 0.6) is 0 Å². The third-order valence-electron chi connectivity index (χ3n) is 2.64. The van der Waals surface area contributed by atoms with Crippen molar-refractivity contribution in [2.45, 2.75) is 13.1 Å². The van der Waals surface area contributed by atoms with Crippen LogP contribution in [0.1, 0.15) is 10.4 Å². The van der Waals surface area contributed by atoms with E-state index >= 15 is 0 Å². The lowest BCUT2D eigenvalue weighted by Crippen LogP contribution is -2.17. The molecule has 0 spiro atoms. The molecule has 0 amide bonds. The number of nitrogens with one attached hydrogen (secondary N) is 1. The number of halogens is 2. The van der Waals surface area contributed by atoms with E-state index < -0.39 is 0 Å². The normalized spacial score (nSPS) is 10.7. The second-order valence-corrected chi connectivity index (χ2v) is 6.45. The van der Waals surface area contributed by atoms with E-state index in [0.717, 1.165) is 28.8 Å². The Morgan fingerprint density at radius 3 is 2.74 bits per heavy atom. The second-order valence-electron chi connectivity index (χ2n) is 4.24. The lowest BCUT2D eigenvalue weighted by Gasteiger charge is -2.19. The minimum Gasteiger partial charge on any atom is -0.353 e. The van der Waals surface area contributed by atoms with E-state index in [1.54, 1.807) is 11.3 Å². The molecule has 2 heterocycles. The predicted molar refractivity (Wildman–Crippen MR) is 83.4 cm³/mol. The van der Waals surface area contributed by atoms with Crippen LogP contribution in [-0.2, 0) is 13.1 Å². The number of hydrogen-bond acceptors (Lipinski definition) is 4. The van der Waals surface area contributed by atoms with Gasteiger partial charge in [0.15, 0.2) is 0 Å². The maximum atomic E-state index is 6.28. The molecule has 0 bridgehead atoms. The van der Waals surface area contributed by atoms with Gasteiger partial charge in [0.2, 0.25) is 0 Å². The monoisotopic (exact) mass is 315 g/mol. The van der Waals surface area contributed by atoms with Gasteiger partial charge in [0.1, 0.15) is 5.82 Å². The summed E-state index contributed by atoms with van der Waals surface area (Å²) in [6.07, 6.45) is 1.84. The Kier molecular flexibility index (Phi) is 5.05. The molecule has 102 valence electrons. The topological polar surface area (TPSA) is 28.2 Å². The minimum atomic E-state index is 0.665. The molecule has 2 rings (SSSR count). The Labute approximate surface area is 127 Å². The minimum absolute atomic E-state index is 0.665. The zero-order valence-corrected chi connectivity index (χ0v) is 13.1. The molecule has 0 saturated carbocycles. The number of aromatic nitrogens is 1. The standard InChI is InChI=1S/C13H15Cl2N3S/c1-16-6-9-5-11(14)13(17-7-9)18(2)8-10-3-4-12(15)19-10/h3-5,7,16H,6,8H2,1-2H3. The predicted octanol–water partition coefficient (Wildman–Crippen LogP) is 3.81. The van der Waals surface area contributed by atoms with Gasteiger partial charge in [0.05, 0.1) is 15.9 Å². The summed E-state index contributed by atoms with van der Waals surface area (Å²) in [5, 5.41) is 3.74. The van der Waals surface area contributed by atoms with Gasteiger partial charge in [-0.1, -0.05) is 23.2 Å². The molecule has 19 heavy (non-hydrogen) atoms. The Balaban J connectivity index is 2.12. The van der Waals surface area contributed by atoms with Crippen LogP contribution in [0.15, 0.2) is 24.4 Å². The number of thiophene rings is 1. The molecule has 3 nitrogen and oxygen atoms in total. The highest BCUT2D eigenvalue weighted by Gasteiger charge is 2.10. The van der Waals surface area contributed by atoms with Crippen LogP contribution in [0.2, 0.25) is 9.36 Å². The Hall–Kier alpha value is -0.810. The largest absolute Gasteiger partial charge is 0.353 e. The van der Waals surface area contributed by atoms with Crippen molar-refractivity contribution in [3.8, 4) is 0 Å². The lowest BCUT2D eigenvalue weighted by molar-refractivity contribution is 0.810. The summed E-state index contributed by atoms with van der Waals surface area (Å²) in [7, 11) is 3.87. The van der Waals surface area contributed by atoms with Crippen LogP contribution in [0.3, 0.4) is 0 Å². The molecule has 0 aliphatic heterocycles. The molecule has 1 N–H and O–H groups in total. The van der Waals surface area contributed by atoms with Crippen molar-refractivity contribution in [1.29, 1.82) is 0 Å². The highest BCUT2D eigenvalue weighted by Crippen LogP contribution is 2.27. The van der Waals surface area contributed by atoms with E-state index in [9.17, 15) is 0 Å². The van der Waals surface area contributed by atoms with Crippen LogP contribution in [0.4, 0.5) is 5.82 Å². The fraction of sp³-hybridized carbons (Fsp3) is 0.308. The number of nitrogens with zero attached hydrogens (tertiary/aromatic N) is 2. The molecule has 0 aliphatic carbocycles. The third kappa shape index (κ3) is 3.83. The van der Waals surface area contributed by atoms with Crippen LogP contribution in [-0.4, -0.2) is 19.1 Å². The summed E-state index contributed by atoms with van der Waals surface area (Å²) in [6.45, 7) is 1.51. The number of hydrogen-bond donors (Lipinski definition) is 1. The first-order valence-electron chi connectivity index (χ1n) is 5.84. The summed E-state index contributed by atoms with van der Waals surface area (Å²) < 4.78 is 0.798. The quantitative estimate of drug-likeness (QED) is 0.909. The Bertz CT molecular complexity index is 557. The van der Waals surface area contributed by atoms with Crippen molar-refractivity contribution in [3.05, 3.63) is 44.2 Å². The Morgan fingerprint density at radius 2 is 2.16 bits per heavy atom. The summed E-state index contributed by atoms with van der Waals surface area (Å²) in [4.78, 5) is 7.63. The maximum Gasteiger partial charge on any atom is 0.147 e. The smallest absolute Gasteiger partial charge is 0.147 e. The number of anilines is 1. The number of pyridine rings is 1. The van der Waals surface area contributed by atoms with Gasteiger partial charge in [-0.05, 0) is 30.8 Å². The van der Waals surface area contributed by atoms with E-state index in [1.165, 1.54) is 4.88 Å². The molecule has 6 heteroatoms. The molecule has 0 radical (unpaired) electrons. The molecule has 2 aromatic heterocycles. The molecular formula is C13H15Cl2N3S. The molecule has 0 atom stereocenters. The molecule has 0 unspecified atom stereocenters. The summed E-state index contributed by atoms with van der Waals surface area (Å²) in [5.41, 5.74) is 1.07. The van der Waals surface area contributed by atoms with Crippen LogP contribution >= 0.6 is 34.5 Å². The molecular weight excluding hydrogens is 301 g/mol. The highest BCUT2D eigenvalue weighted by molar-refractivity contribution is 7.16. The highest BCUT2D eigenvalue weighted by atomic mass is 35.5. The van der Waals surface area contributed by atoms with Gasteiger partial charge >= 0.3 is 0 Å². The van der Waals surface area contributed by atoms with E-state index in [1.807, 2.05) is 43.4 Å². The molecule has 0 aliphatic rings. The van der Waals surface area contributed by atoms with Gasteiger partial charge in [-0.3, -0.25) is 0 Å². The molecule has 0 saturated heterocycles. The summed E-state index contributed by atoms with van der Waals surface area (Å²) >= 11 is 13.8. The van der Waals surface area contributed by atoms with Gasteiger partial charge in [0.25, 0.3) is 0 Å². The van der Waals surface area contributed by atoms with E-state index in [0.29, 0.717) is 5.02 Å². The van der Waals surface area contributed by atoms with E-state index in [-0.39, 0.29) is 0 Å². The van der Waals surface area contributed by atoms with Crippen molar-refractivity contribution >= 4 is 40.4 Å². The SMILES string of the molecule is CNCc1cnc(N(C)Cc2ccc(Cl)s2)c(Cl)c1. The fourth-order valence-electron chi connectivity index (χ4n) is 1.80. The van der Waals surface area contributed by atoms with E-state index in [2.05, 4.69) is 10.3 Å². The third-order valence-corrected chi connectivity index (χ3v) is 4.14. The zero-order chi connectivity index (χ0) is 13.8. The van der Waals surface area contributed by atoms with Crippen molar-refractivity contribution in [3.63, 3.8) is 0 Å². The van der Waals surface area contributed by atoms with Gasteiger partial charge < -0.3 is 10.2 Å². The molecule has 2 aromatic rings. The van der Waals surface area contributed by atoms with Gasteiger partial charge in [-0.15, -0.1) is 11.3 Å². The zero-order valence-electron chi connectivity index (χ0n) is 10.8. The Morgan fingerprint density at radius 1 is 1.37 bits per heavy atom.